The molecule has 0 spiro atoms. The molecule has 0 aromatic heterocycles. The second-order valence-electron chi connectivity index (χ2n) is 4.65. The summed E-state index contributed by atoms with van der Waals surface area (Å²) in [4.78, 5) is 12.9. The Morgan fingerprint density at radius 3 is 2.72 bits per heavy atom. The Kier molecular flexibility index (Phi) is 5.08. The number of nitrogens with two attached hydrogens (primary N) is 1. The molecule has 1 aromatic carbocycles. The van der Waals surface area contributed by atoms with Crippen LogP contribution >= 0.6 is 24.2 Å². The van der Waals surface area contributed by atoms with Crippen LogP contribution in [0.1, 0.15) is 24.0 Å². The molecular formula is C13H19ClN2OS. The van der Waals surface area contributed by atoms with Crippen molar-refractivity contribution in [2.45, 2.75) is 36.7 Å². The normalized spacial score (nSPS) is 15.7. The van der Waals surface area contributed by atoms with Crippen LogP contribution in [-0.2, 0) is 11.3 Å². The van der Waals surface area contributed by atoms with Crippen LogP contribution in [0, 0.1) is 6.92 Å². The number of aryl methyl sites for hydroxylation is 1. The predicted molar refractivity (Wildman–Crippen MR) is 78.2 cm³/mol. The third kappa shape index (κ3) is 3.40. The number of halogens is 1. The Hall–Kier alpha value is -0.710. The first kappa shape index (κ1) is 15.3. The number of amides is 1. The van der Waals surface area contributed by atoms with E-state index in [9.17, 15) is 4.79 Å². The molecule has 0 unspecified atom stereocenters. The Bertz CT molecular complexity index is 447. The minimum atomic E-state index is -0.579. The van der Waals surface area contributed by atoms with Crippen LogP contribution < -0.4 is 11.1 Å². The van der Waals surface area contributed by atoms with E-state index in [2.05, 4.69) is 30.4 Å². The van der Waals surface area contributed by atoms with Gasteiger partial charge in [-0.1, -0.05) is 12.1 Å². The molecule has 1 amide bonds. The maximum Gasteiger partial charge on any atom is 0.240 e. The molecule has 3 N–H and O–H groups in total. The van der Waals surface area contributed by atoms with Gasteiger partial charge in [-0.15, -0.1) is 24.2 Å². The SMILES string of the molecule is CSc1cc(C)ccc1CNC(=O)C1(N)CC1.Cl. The first-order chi connectivity index (χ1) is 8.05. The van der Waals surface area contributed by atoms with Crippen molar-refractivity contribution in [3.05, 3.63) is 29.3 Å². The van der Waals surface area contributed by atoms with E-state index in [-0.39, 0.29) is 18.3 Å². The van der Waals surface area contributed by atoms with Gasteiger partial charge >= 0.3 is 0 Å². The summed E-state index contributed by atoms with van der Waals surface area (Å²) in [5.41, 5.74) is 7.64. The van der Waals surface area contributed by atoms with Crippen molar-refractivity contribution in [2.24, 2.45) is 5.73 Å². The fraction of sp³-hybridized carbons (Fsp3) is 0.462. The van der Waals surface area contributed by atoms with E-state index in [4.69, 9.17) is 5.73 Å². The monoisotopic (exact) mass is 286 g/mol. The predicted octanol–water partition coefficient (Wildman–Crippen LogP) is 2.25. The fourth-order valence-electron chi connectivity index (χ4n) is 1.71. The van der Waals surface area contributed by atoms with Gasteiger partial charge in [-0.3, -0.25) is 4.79 Å². The van der Waals surface area contributed by atoms with Crippen molar-refractivity contribution >= 4 is 30.1 Å². The maximum atomic E-state index is 11.7. The molecule has 0 bridgehead atoms. The molecule has 0 radical (unpaired) electrons. The van der Waals surface area contributed by atoms with E-state index in [0.29, 0.717) is 6.54 Å². The van der Waals surface area contributed by atoms with Gasteiger partial charge in [0.25, 0.3) is 0 Å². The van der Waals surface area contributed by atoms with Crippen molar-refractivity contribution in [3.63, 3.8) is 0 Å². The van der Waals surface area contributed by atoms with Crippen molar-refractivity contribution in [1.82, 2.24) is 5.32 Å². The van der Waals surface area contributed by atoms with E-state index in [0.717, 1.165) is 18.4 Å². The van der Waals surface area contributed by atoms with Crippen molar-refractivity contribution in [2.75, 3.05) is 6.26 Å². The van der Waals surface area contributed by atoms with Crippen LogP contribution in [0.3, 0.4) is 0 Å². The number of hydrogen-bond donors (Lipinski definition) is 2. The number of carbonyl (C=O) groups is 1. The molecule has 0 atom stereocenters. The minimum Gasteiger partial charge on any atom is -0.350 e. The molecule has 1 aliphatic rings. The standard InChI is InChI=1S/C13H18N2OS.ClH/c1-9-3-4-10(11(7-9)17-2)8-15-12(16)13(14)5-6-13;/h3-4,7H,5-6,8,14H2,1-2H3,(H,15,16);1H. The van der Waals surface area contributed by atoms with Gasteiger partial charge in [-0.25, -0.2) is 0 Å². The largest absolute Gasteiger partial charge is 0.350 e. The van der Waals surface area contributed by atoms with E-state index in [1.807, 2.05) is 6.26 Å². The van der Waals surface area contributed by atoms with Gasteiger partial charge in [0.2, 0.25) is 5.91 Å². The number of nitrogens with one attached hydrogen (secondary N) is 1. The lowest BCUT2D eigenvalue weighted by Gasteiger charge is -2.12. The molecule has 3 nitrogen and oxygen atoms in total. The van der Waals surface area contributed by atoms with Crippen molar-refractivity contribution < 1.29 is 4.79 Å². The Morgan fingerprint density at radius 1 is 1.50 bits per heavy atom. The quantitative estimate of drug-likeness (QED) is 0.835. The molecule has 5 heteroatoms. The Balaban J connectivity index is 0.00000162. The second-order valence-corrected chi connectivity index (χ2v) is 5.50. The summed E-state index contributed by atoms with van der Waals surface area (Å²) < 4.78 is 0. The van der Waals surface area contributed by atoms with E-state index in [1.165, 1.54) is 10.5 Å². The first-order valence-electron chi connectivity index (χ1n) is 5.76. The molecule has 2 rings (SSSR count). The second kappa shape index (κ2) is 5.95. The summed E-state index contributed by atoms with van der Waals surface area (Å²) in [7, 11) is 0. The van der Waals surface area contributed by atoms with Gasteiger partial charge in [0.15, 0.2) is 0 Å². The Labute approximate surface area is 118 Å². The lowest BCUT2D eigenvalue weighted by Crippen LogP contribution is -2.42. The highest BCUT2D eigenvalue weighted by atomic mass is 35.5. The zero-order valence-electron chi connectivity index (χ0n) is 10.7. The molecular weight excluding hydrogens is 268 g/mol. The van der Waals surface area contributed by atoms with Crippen LogP contribution in [0.25, 0.3) is 0 Å². The molecule has 1 fully saturated rings. The average Bonchev–Trinajstić information content (AvgIpc) is 3.06. The van der Waals surface area contributed by atoms with Crippen LogP contribution in [0.15, 0.2) is 23.1 Å². The zero-order chi connectivity index (χ0) is 12.5. The smallest absolute Gasteiger partial charge is 0.240 e. The molecule has 1 aliphatic carbocycles. The van der Waals surface area contributed by atoms with Gasteiger partial charge in [0.05, 0.1) is 5.54 Å². The summed E-state index contributed by atoms with van der Waals surface area (Å²) >= 11 is 1.70. The summed E-state index contributed by atoms with van der Waals surface area (Å²) in [5.74, 6) is -0.0230. The fourth-order valence-corrected chi connectivity index (χ4v) is 2.42. The highest BCUT2D eigenvalue weighted by molar-refractivity contribution is 7.98. The van der Waals surface area contributed by atoms with Crippen molar-refractivity contribution in [3.8, 4) is 0 Å². The average molecular weight is 287 g/mol. The van der Waals surface area contributed by atoms with Gasteiger partial charge in [0.1, 0.15) is 0 Å². The number of benzene rings is 1. The van der Waals surface area contributed by atoms with E-state index >= 15 is 0 Å². The van der Waals surface area contributed by atoms with E-state index < -0.39 is 5.54 Å². The van der Waals surface area contributed by atoms with E-state index in [1.54, 1.807) is 11.8 Å². The highest BCUT2D eigenvalue weighted by Gasteiger charge is 2.45. The summed E-state index contributed by atoms with van der Waals surface area (Å²) in [6, 6.07) is 6.27. The number of carbonyl (C=O) groups excluding carboxylic acids is 1. The molecule has 0 aliphatic heterocycles. The lowest BCUT2D eigenvalue weighted by atomic mass is 10.1. The first-order valence-corrected chi connectivity index (χ1v) is 6.98. The van der Waals surface area contributed by atoms with Crippen LogP contribution in [-0.4, -0.2) is 17.7 Å². The third-order valence-corrected chi connectivity index (χ3v) is 3.94. The minimum absolute atomic E-state index is 0. The summed E-state index contributed by atoms with van der Waals surface area (Å²) in [6.45, 7) is 2.63. The molecule has 100 valence electrons. The molecule has 0 heterocycles. The number of rotatable bonds is 4. The summed E-state index contributed by atoms with van der Waals surface area (Å²) in [5, 5.41) is 2.92. The van der Waals surface area contributed by atoms with Crippen LogP contribution in [0.2, 0.25) is 0 Å². The third-order valence-electron chi connectivity index (χ3n) is 3.12. The maximum absolute atomic E-state index is 11.7. The number of thioether (sulfide) groups is 1. The zero-order valence-corrected chi connectivity index (χ0v) is 12.3. The Morgan fingerprint density at radius 2 is 2.17 bits per heavy atom. The molecule has 0 saturated heterocycles. The van der Waals surface area contributed by atoms with Gasteiger partial charge in [-0.05, 0) is 43.2 Å². The summed E-state index contributed by atoms with van der Waals surface area (Å²) in [6.07, 6.45) is 3.66. The number of hydrogen-bond acceptors (Lipinski definition) is 3. The van der Waals surface area contributed by atoms with Gasteiger partial charge < -0.3 is 11.1 Å². The molecule has 1 saturated carbocycles. The molecule has 18 heavy (non-hydrogen) atoms. The molecule has 1 aromatic rings. The highest BCUT2D eigenvalue weighted by Crippen LogP contribution is 2.32. The van der Waals surface area contributed by atoms with Crippen LogP contribution in [0.4, 0.5) is 0 Å². The van der Waals surface area contributed by atoms with Crippen molar-refractivity contribution in [1.29, 1.82) is 0 Å². The van der Waals surface area contributed by atoms with Gasteiger partial charge in [-0.2, -0.15) is 0 Å². The lowest BCUT2D eigenvalue weighted by molar-refractivity contribution is -0.123. The van der Waals surface area contributed by atoms with Gasteiger partial charge in [0, 0.05) is 11.4 Å². The van der Waals surface area contributed by atoms with Crippen LogP contribution in [0.5, 0.6) is 0 Å². The topological polar surface area (TPSA) is 55.1 Å².